The number of pyridine rings is 1. The topological polar surface area (TPSA) is 28.2 Å². The normalized spacial score (nSPS) is 23.1. The molecule has 2 unspecified atom stereocenters. The fourth-order valence-electron chi connectivity index (χ4n) is 2.70. The molecular formula is C15H25N3. The van der Waals surface area contributed by atoms with Crippen LogP contribution in [0.1, 0.15) is 31.9 Å². The molecule has 1 aliphatic rings. The Balaban J connectivity index is 1.77. The molecule has 1 fully saturated rings. The van der Waals surface area contributed by atoms with Crippen LogP contribution in [0.3, 0.4) is 0 Å². The summed E-state index contributed by atoms with van der Waals surface area (Å²) in [5.74, 6) is 0.824. The predicted molar refractivity (Wildman–Crippen MR) is 75.4 cm³/mol. The summed E-state index contributed by atoms with van der Waals surface area (Å²) >= 11 is 0. The summed E-state index contributed by atoms with van der Waals surface area (Å²) in [6.45, 7) is 5.51. The second kappa shape index (κ2) is 6.86. The molecule has 0 aromatic carbocycles. The minimum atomic E-state index is 0.733. The van der Waals surface area contributed by atoms with Crippen molar-refractivity contribution in [3.63, 3.8) is 0 Å². The summed E-state index contributed by atoms with van der Waals surface area (Å²) < 4.78 is 0. The first-order chi connectivity index (χ1) is 8.81. The Bertz CT molecular complexity index is 339. The van der Waals surface area contributed by atoms with Gasteiger partial charge in [0, 0.05) is 18.8 Å². The summed E-state index contributed by atoms with van der Waals surface area (Å²) in [6, 6.07) is 6.89. The van der Waals surface area contributed by atoms with E-state index in [0.717, 1.165) is 25.0 Å². The first kappa shape index (κ1) is 13.5. The zero-order chi connectivity index (χ0) is 12.8. The maximum absolute atomic E-state index is 4.40. The van der Waals surface area contributed by atoms with Crippen molar-refractivity contribution in [2.45, 2.75) is 38.8 Å². The monoisotopic (exact) mass is 247 g/mol. The van der Waals surface area contributed by atoms with Gasteiger partial charge in [0.2, 0.25) is 0 Å². The molecule has 1 saturated carbocycles. The average molecular weight is 247 g/mol. The third-order valence-corrected chi connectivity index (χ3v) is 3.91. The van der Waals surface area contributed by atoms with Crippen LogP contribution in [0.4, 0.5) is 0 Å². The molecule has 3 heteroatoms. The standard InChI is InChI=1S/C15H25N3/c1-3-9-16-11-13-7-8-15(13)18(2)12-14-6-4-5-10-17-14/h4-6,10,13,15-16H,3,7-9,11-12H2,1-2H3. The molecule has 100 valence electrons. The largest absolute Gasteiger partial charge is 0.316 e. The number of hydrogen-bond acceptors (Lipinski definition) is 3. The van der Waals surface area contributed by atoms with E-state index in [0.29, 0.717) is 0 Å². The van der Waals surface area contributed by atoms with Crippen LogP contribution in [-0.4, -0.2) is 36.1 Å². The first-order valence-electron chi connectivity index (χ1n) is 7.12. The smallest absolute Gasteiger partial charge is 0.0543 e. The fourth-order valence-corrected chi connectivity index (χ4v) is 2.70. The molecule has 1 N–H and O–H groups in total. The van der Waals surface area contributed by atoms with E-state index in [9.17, 15) is 0 Å². The minimum absolute atomic E-state index is 0.733. The predicted octanol–water partition coefficient (Wildman–Crippen LogP) is 2.29. The third-order valence-electron chi connectivity index (χ3n) is 3.91. The van der Waals surface area contributed by atoms with Crippen LogP contribution < -0.4 is 5.32 Å². The summed E-state index contributed by atoms with van der Waals surface area (Å²) in [7, 11) is 2.23. The lowest BCUT2D eigenvalue weighted by molar-refractivity contribution is 0.0772. The van der Waals surface area contributed by atoms with E-state index in [1.807, 2.05) is 12.3 Å². The SMILES string of the molecule is CCCNCC1CCC1N(C)Cc1ccccn1. The fraction of sp³-hybridized carbons (Fsp3) is 0.667. The highest BCUT2D eigenvalue weighted by atomic mass is 15.2. The van der Waals surface area contributed by atoms with Gasteiger partial charge in [0.1, 0.15) is 0 Å². The van der Waals surface area contributed by atoms with Crippen LogP contribution in [-0.2, 0) is 6.54 Å². The molecule has 3 nitrogen and oxygen atoms in total. The van der Waals surface area contributed by atoms with Crippen LogP contribution in [0.2, 0.25) is 0 Å². The van der Waals surface area contributed by atoms with Crippen molar-refractivity contribution in [2.75, 3.05) is 20.1 Å². The summed E-state index contributed by atoms with van der Waals surface area (Å²) in [4.78, 5) is 6.87. The van der Waals surface area contributed by atoms with E-state index in [-0.39, 0.29) is 0 Å². The van der Waals surface area contributed by atoms with E-state index in [4.69, 9.17) is 0 Å². The minimum Gasteiger partial charge on any atom is -0.316 e. The Morgan fingerprint density at radius 1 is 1.39 bits per heavy atom. The molecule has 1 aromatic rings. The second-order valence-electron chi connectivity index (χ2n) is 5.35. The Labute approximate surface area is 111 Å². The van der Waals surface area contributed by atoms with Gasteiger partial charge in [0.25, 0.3) is 0 Å². The maximum Gasteiger partial charge on any atom is 0.0543 e. The lowest BCUT2D eigenvalue weighted by Crippen LogP contribution is -2.48. The number of nitrogens with zero attached hydrogens (tertiary/aromatic N) is 2. The maximum atomic E-state index is 4.40. The molecule has 0 radical (unpaired) electrons. The molecule has 1 heterocycles. The first-order valence-corrected chi connectivity index (χ1v) is 7.12. The molecule has 0 amide bonds. The van der Waals surface area contributed by atoms with Crippen molar-refractivity contribution in [3.05, 3.63) is 30.1 Å². The number of rotatable bonds is 7. The van der Waals surface area contributed by atoms with Gasteiger partial charge in [0.05, 0.1) is 5.69 Å². The third kappa shape index (κ3) is 3.53. The number of hydrogen-bond donors (Lipinski definition) is 1. The van der Waals surface area contributed by atoms with Crippen molar-refractivity contribution in [1.29, 1.82) is 0 Å². The summed E-state index contributed by atoms with van der Waals surface area (Å²) in [6.07, 6.45) is 5.81. The van der Waals surface area contributed by atoms with Crippen molar-refractivity contribution in [3.8, 4) is 0 Å². The van der Waals surface area contributed by atoms with Crippen LogP contribution in [0.15, 0.2) is 24.4 Å². The second-order valence-corrected chi connectivity index (χ2v) is 5.35. The molecule has 2 rings (SSSR count). The van der Waals surface area contributed by atoms with Gasteiger partial charge in [-0.3, -0.25) is 9.88 Å². The Hall–Kier alpha value is -0.930. The molecular weight excluding hydrogens is 222 g/mol. The lowest BCUT2D eigenvalue weighted by Gasteiger charge is -2.43. The van der Waals surface area contributed by atoms with Crippen LogP contribution in [0, 0.1) is 5.92 Å². The molecule has 1 aliphatic carbocycles. The van der Waals surface area contributed by atoms with Gasteiger partial charge in [-0.2, -0.15) is 0 Å². The average Bonchev–Trinajstić information content (AvgIpc) is 2.34. The van der Waals surface area contributed by atoms with Crippen LogP contribution >= 0.6 is 0 Å². The molecule has 0 aliphatic heterocycles. The zero-order valence-electron chi connectivity index (χ0n) is 11.6. The highest BCUT2D eigenvalue weighted by Gasteiger charge is 2.33. The van der Waals surface area contributed by atoms with Crippen molar-refractivity contribution in [2.24, 2.45) is 5.92 Å². The van der Waals surface area contributed by atoms with Gasteiger partial charge in [-0.15, -0.1) is 0 Å². The highest BCUT2D eigenvalue weighted by Crippen LogP contribution is 2.31. The summed E-state index contributed by atoms with van der Waals surface area (Å²) in [5.41, 5.74) is 1.17. The lowest BCUT2D eigenvalue weighted by atomic mass is 9.78. The number of nitrogens with one attached hydrogen (secondary N) is 1. The van der Waals surface area contributed by atoms with E-state index >= 15 is 0 Å². The van der Waals surface area contributed by atoms with Crippen molar-refractivity contribution in [1.82, 2.24) is 15.2 Å². The molecule has 0 saturated heterocycles. The highest BCUT2D eigenvalue weighted by molar-refractivity contribution is 5.04. The van der Waals surface area contributed by atoms with Gasteiger partial charge < -0.3 is 5.32 Å². The number of aromatic nitrogens is 1. The van der Waals surface area contributed by atoms with Gasteiger partial charge in [0.15, 0.2) is 0 Å². The quantitative estimate of drug-likeness (QED) is 0.749. The van der Waals surface area contributed by atoms with Gasteiger partial charge in [-0.05, 0) is 57.5 Å². The van der Waals surface area contributed by atoms with E-state index in [1.165, 1.54) is 31.5 Å². The molecule has 0 spiro atoms. The van der Waals surface area contributed by atoms with E-state index in [2.05, 4.69) is 41.3 Å². The van der Waals surface area contributed by atoms with Crippen LogP contribution in [0.5, 0.6) is 0 Å². The Kier molecular flexibility index (Phi) is 5.14. The zero-order valence-corrected chi connectivity index (χ0v) is 11.6. The molecule has 18 heavy (non-hydrogen) atoms. The van der Waals surface area contributed by atoms with Gasteiger partial charge >= 0.3 is 0 Å². The van der Waals surface area contributed by atoms with Gasteiger partial charge in [-0.1, -0.05) is 13.0 Å². The van der Waals surface area contributed by atoms with Gasteiger partial charge in [-0.25, -0.2) is 0 Å². The van der Waals surface area contributed by atoms with E-state index in [1.54, 1.807) is 0 Å². The Morgan fingerprint density at radius 2 is 2.28 bits per heavy atom. The molecule has 0 bridgehead atoms. The van der Waals surface area contributed by atoms with Crippen molar-refractivity contribution >= 4 is 0 Å². The van der Waals surface area contributed by atoms with Crippen molar-refractivity contribution < 1.29 is 0 Å². The summed E-state index contributed by atoms with van der Waals surface area (Å²) in [5, 5.41) is 3.54. The molecule has 2 atom stereocenters. The molecule has 1 aromatic heterocycles. The van der Waals surface area contributed by atoms with E-state index < -0.39 is 0 Å². The Morgan fingerprint density at radius 3 is 2.89 bits per heavy atom. The van der Waals surface area contributed by atoms with Crippen LogP contribution in [0.25, 0.3) is 0 Å².